The molecule has 174 valence electrons. The number of rotatable bonds is 10. The summed E-state index contributed by atoms with van der Waals surface area (Å²) in [4.78, 5) is 27.7. The molecule has 0 fully saturated rings. The quantitative estimate of drug-likeness (QED) is 0.392. The lowest BCUT2D eigenvalue weighted by molar-refractivity contribution is -0.116. The van der Waals surface area contributed by atoms with Gasteiger partial charge in [0.1, 0.15) is 0 Å². The molecule has 0 atom stereocenters. The lowest BCUT2D eigenvalue weighted by atomic mass is 10.1. The summed E-state index contributed by atoms with van der Waals surface area (Å²) in [5.74, 6) is -0.475. The van der Waals surface area contributed by atoms with Crippen molar-refractivity contribution in [3.8, 4) is 0 Å². The number of nitrogens with zero attached hydrogens (tertiary/aromatic N) is 1. The van der Waals surface area contributed by atoms with Crippen molar-refractivity contribution in [3.63, 3.8) is 0 Å². The fourth-order valence-corrected chi connectivity index (χ4v) is 5.00. The number of anilines is 3. The van der Waals surface area contributed by atoms with Crippen molar-refractivity contribution in [1.29, 1.82) is 0 Å². The lowest BCUT2D eigenvalue weighted by Crippen LogP contribution is -2.15. The van der Waals surface area contributed by atoms with Gasteiger partial charge in [-0.3, -0.25) is 14.3 Å². The van der Waals surface area contributed by atoms with Gasteiger partial charge in [-0.2, -0.15) is 0 Å². The third-order valence-corrected chi connectivity index (χ3v) is 6.95. The maximum Gasteiger partial charge on any atom is 0.263 e. The second kappa shape index (κ2) is 11.1. The topological polar surface area (TPSA) is 117 Å². The number of benzene rings is 2. The number of unbranched alkanes of at least 4 members (excludes halogenated alkanes) is 1. The molecule has 0 aliphatic carbocycles. The van der Waals surface area contributed by atoms with Crippen LogP contribution in [-0.2, 0) is 32.5 Å². The van der Waals surface area contributed by atoms with Gasteiger partial charge in [-0.1, -0.05) is 25.5 Å². The van der Waals surface area contributed by atoms with E-state index >= 15 is 0 Å². The van der Waals surface area contributed by atoms with Gasteiger partial charge in [-0.05, 0) is 54.8 Å². The summed E-state index contributed by atoms with van der Waals surface area (Å²) in [5.41, 5.74) is 2.91. The minimum Gasteiger partial charge on any atom is -0.326 e. The van der Waals surface area contributed by atoms with Gasteiger partial charge in [0.15, 0.2) is 5.13 Å². The van der Waals surface area contributed by atoms with Crippen LogP contribution in [0.15, 0.2) is 58.8 Å². The predicted molar refractivity (Wildman–Crippen MR) is 131 cm³/mol. The van der Waals surface area contributed by atoms with Crippen LogP contribution in [0, 0.1) is 0 Å². The largest absolute Gasteiger partial charge is 0.326 e. The van der Waals surface area contributed by atoms with Crippen LogP contribution in [0.5, 0.6) is 0 Å². The molecule has 0 aliphatic rings. The highest BCUT2D eigenvalue weighted by Crippen LogP contribution is 2.22. The molecule has 8 nitrogen and oxygen atoms in total. The Bertz CT molecular complexity index is 1200. The molecule has 0 radical (unpaired) electrons. The van der Waals surface area contributed by atoms with Crippen LogP contribution in [0.25, 0.3) is 0 Å². The van der Waals surface area contributed by atoms with Crippen LogP contribution in [0.3, 0.4) is 0 Å². The Morgan fingerprint density at radius 2 is 1.61 bits per heavy atom. The van der Waals surface area contributed by atoms with Crippen LogP contribution in [0.2, 0.25) is 0 Å². The minimum atomic E-state index is -3.85. The number of sulfonamides is 1. The SMILES string of the molecule is CCCCc1ccc(NC(=O)Cc2csc(NS(=O)(=O)c3ccc(NC(C)=O)cc3)n2)cc1. The van der Waals surface area contributed by atoms with Crippen molar-refractivity contribution < 1.29 is 18.0 Å². The predicted octanol–water partition coefficient (Wildman–Crippen LogP) is 4.43. The summed E-state index contributed by atoms with van der Waals surface area (Å²) in [5, 5.41) is 7.23. The molecular formula is C23H26N4O4S2. The number of nitrogens with one attached hydrogen (secondary N) is 3. The minimum absolute atomic E-state index is 0.0290. The highest BCUT2D eigenvalue weighted by Gasteiger charge is 2.17. The van der Waals surface area contributed by atoms with E-state index < -0.39 is 10.0 Å². The van der Waals surface area contributed by atoms with Crippen LogP contribution in [0.4, 0.5) is 16.5 Å². The average Bonchev–Trinajstić information content (AvgIpc) is 3.19. The standard InChI is InChI=1S/C23H26N4O4S2/c1-3-4-5-17-6-8-19(9-7-17)25-22(29)14-20-15-32-23(26-20)27-33(30,31)21-12-10-18(11-13-21)24-16(2)28/h6-13,15H,3-5,14H2,1-2H3,(H,24,28)(H,25,29)(H,26,27). The van der Waals surface area contributed by atoms with Gasteiger partial charge in [0.05, 0.1) is 17.0 Å². The van der Waals surface area contributed by atoms with Crippen molar-refractivity contribution in [2.24, 2.45) is 0 Å². The van der Waals surface area contributed by atoms with E-state index in [1.165, 1.54) is 36.8 Å². The summed E-state index contributed by atoms with van der Waals surface area (Å²) in [6.45, 7) is 3.52. The maximum atomic E-state index is 12.6. The fraction of sp³-hybridized carbons (Fsp3) is 0.261. The summed E-state index contributed by atoms with van der Waals surface area (Å²) in [6.07, 6.45) is 3.31. The Morgan fingerprint density at radius 3 is 2.24 bits per heavy atom. The smallest absolute Gasteiger partial charge is 0.263 e. The maximum absolute atomic E-state index is 12.6. The van der Waals surface area contributed by atoms with Gasteiger partial charge in [-0.25, -0.2) is 13.4 Å². The number of thiazole rings is 1. The number of hydrogen-bond acceptors (Lipinski definition) is 6. The van der Waals surface area contributed by atoms with Crippen molar-refractivity contribution in [2.75, 3.05) is 15.4 Å². The molecule has 0 unspecified atom stereocenters. The van der Waals surface area contributed by atoms with Gasteiger partial charge in [-0.15, -0.1) is 11.3 Å². The zero-order valence-electron chi connectivity index (χ0n) is 18.4. The molecule has 1 aromatic heterocycles. The molecule has 2 aromatic carbocycles. The molecule has 3 N–H and O–H groups in total. The van der Waals surface area contributed by atoms with Crippen LogP contribution < -0.4 is 15.4 Å². The zero-order chi connectivity index (χ0) is 23.8. The summed E-state index contributed by atoms with van der Waals surface area (Å²) in [7, 11) is -3.85. The number of hydrogen-bond donors (Lipinski definition) is 3. The monoisotopic (exact) mass is 486 g/mol. The molecule has 0 bridgehead atoms. The third kappa shape index (κ3) is 7.40. The van der Waals surface area contributed by atoms with Crippen molar-refractivity contribution >= 4 is 49.7 Å². The van der Waals surface area contributed by atoms with Gasteiger partial charge in [0, 0.05) is 23.7 Å². The molecule has 2 amide bonds. The van der Waals surface area contributed by atoms with Crippen molar-refractivity contribution in [2.45, 2.75) is 44.4 Å². The van der Waals surface area contributed by atoms with Gasteiger partial charge in [0.2, 0.25) is 11.8 Å². The van der Waals surface area contributed by atoms with Gasteiger partial charge in [0.25, 0.3) is 10.0 Å². The number of amides is 2. The third-order valence-electron chi connectivity index (χ3n) is 4.66. The van der Waals surface area contributed by atoms with Gasteiger partial charge < -0.3 is 10.6 Å². The first-order valence-corrected chi connectivity index (χ1v) is 12.8. The van der Waals surface area contributed by atoms with Crippen LogP contribution in [0.1, 0.15) is 37.9 Å². The van der Waals surface area contributed by atoms with E-state index in [0.29, 0.717) is 17.1 Å². The average molecular weight is 487 g/mol. The number of carbonyl (C=O) groups is 2. The van der Waals surface area contributed by atoms with E-state index in [-0.39, 0.29) is 28.3 Å². The van der Waals surface area contributed by atoms with E-state index in [1.54, 1.807) is 5.38 Å². The Kier molecular flexibility index (Phi) is 8.18. The highest BCUT2D eigenvalue weighted by atomic mass is 32.2. The van der Waals surface area contributed by atoms with E-state index in [4.69, 9.17) is 0 Å². The zero-order valence-corrected chi connectivity index (χ0v) is 20.1. The van der Waals surface area contributed by atoms with E-state index in [2.05, 4.69) is 27.3 Å². The number of aromatic nitrogens is 1. The van der Waals surface area contributed by atoms with Crippen molar-refractivity contribution in [1.82, 2.24) is 4.98 Å². The fourth-order valence-electron chi connectivity index (χ4n) is 3.03. The Hall–Kier alpha value is -3.24. The summed E-state index contributed by atoms with van der Waals surface area (Å²) >= 11 is 1.10. The van der Waals surface area contributed by atoms with Crippen molar-refractivity contribution in [3.05, 3.63) is 65.2 Å². The first-order chi connectivity index (χ1) is 15.7. The van der Waals surface area contributed by atoms with Gasteiger partial charge >= 0.3 is 0 Å². The number of aryl methyl sites for hydroxylation is 1. The second-order valence-electron chi connectivity index (χ2n) is 7.48. The molecule has 0 aliphatic heterocycles. The van der Waals surface area contributed by atoms with Crippen LogP contribution >= 0.6 is 11.3 Å². The molecular weight excluding hydrogens is 460 g/mol. The van der Waals surface area contributed by atoms with E-state index in [0.717, 1.165) is 30.6 Å². The first-order valence-electron chi connectivity index (χ1n) is 10.5. The van der Waals surface area contributed by atoms with E-state index in [9.17, 15) is 18.0 Å². The number of carbonyl (C=O) groups excluding carboxylic acids is 2. The molecule has 0 spiro atoms. The Labute approximate surface area is 197 Å². The summed E-state index contributed by atoms with van der Waals surface area (Å²) < 4.78 is 27.6. The van der Waals surface area contributed by atoms with Crippen LogP contribution in [-0.4, -0.2) is 25.2 Å². The molecule has 10 heteroatoms. The summed E-state index contributed by atoms with van der Waals surface area (Å²) in [6, 6.07) is 13.6. The molecule has 0 saturated carbocycles. The Morgan fingerprint density at radius 1 is 0.970 bits per heavy atom. The Balaban J connectivity index is 1.56. The second-order valence-corrected chi connectivity index (χ2v) is 10.0. The molecule has 33 heavy (non-hydrogen) atoms. The molecule has 1 heterocycles. The lowest BCUT2D eigenvalue weighted by Gasteiger charge is -2.07. The van der Waals surface area contributed by atoms with E-state index in [1.807, 2.05) is 24.3 Å². The first kappa shape index (κ1) is 24.4. The molecule has 3 aromatic rings. The molecule has 3 rings (SSSR count). The highest BCUT2D eigenvalue weighted by molar-refractivity contribution is 7.93. The molecule has 0 saturated heterocycles. The normalized spacial score (nSPS) is 11.1.